The van der Waals surface area contributed by atoms with Crippen molar-refractivity contribution in [3.8, 4) is 5.75 Å². The summed E-state index contributed by atoms with van der Waals surface area (Å²) in [5.41, 5.74) is 7.05. The monoisotopic (exact) mass is 193 g/mol. The molecule has 1 aliphatic heterocycles. The van der Waals surface area contributed by atoms with Gasteiger partial charge in [0.05, 0.1) is 18.7 Å². The quantitative estimate of drug-likeness (QED) is 0.672. The van der Waals surface area contributed by atoms with Crippen LogP contribution < -0.4 is 10.5 Å². The molecule has 2 rings (SSSR count). The molecule has 74 valence electrons. The Bertz CT molecular complexity index is 376. The van der Waals surface area contributed by atoms with E-state index in [0.717, 1.165) is 5.56 Å². The van der Waals surface area contributed by atoms with E-state index >= 15 is 0 Å². The molecule has 0 fully saturated rings. The van der Waals surface area contributed by atoms with E-state index in [-0.39, 0.29) is 12.0 Å². The Morgan fingerprint density at radius 3 is 3.14 bits per heavy atom. The third kappa shape index (κ3) is 1.24. The standard InChI is InChI=1S/C10H11NO3/c1-13-10(12)6-3-2-4-8-9(6)7(11)5-14-8/h2-4,7H,5,11H2,1H3/t7-/m1/s1. The number of fused-ring (bicyclic) bond motifs is 1. The molecular weight excluding hydrogens is 182 g/mol. The van der Waals surface area contributed by atoms with Gasteiger partial charge in [0, 0.05) is 5.56 Å². The second-order valence-electron chi connectivity index (χ2n) is 3.13. The first-order valence-electron chi connectivity index (χ1n) is 4.33. The fourth-order valence-electron chi connectivity index (χ4n) is 1.60. The first kappa shape index (κ1) is 9.02. The van der Waals surface area contributed by atoms with E-state index in [9.17, 15) is 4.79 Å². The van der Waals surface area contributed by atoms with Crippen molar-refractivity contribution in [3.05, 3.63) is 29.3 Å². The highest BCUT2D eigenvalue weighted by Gasteiger charge is 2.26. The van der Waals surface area contributed by atoms with Gasteiger partial charge in [0.15, 0.2) is 0 Å². The van der Waals surface area contributed by atoms with E-state index in [0.29, 0.717) is 17.9 Å². The summed E-state index contributed by atoms with van der Waals surface area (Å²) in [7, 11) is 1.35. The van der Waals surface area contributed by atoms with E-state index < -0.39 is 0 Å². The molecule has 0 saturated carbocycles. The highest BCUT2D eigenvalue weighted by atomic mass is 16.5. The molecule has 0 spiro atoms. The molecule has 1 aromatic rings. The van der Waals surface area contributed by atoms with Crippen LogP contribution in [0.5, 0.6) is 5.75 Å². The topological polar surface area (TPSA) is 61.5 Å². The van der Waals surface area contributed by atoms with Gasteiger partial charge in [0.1, 0.15) is 12.4 Å². The summed E-state index contributed by atoms with van der Waals surface area (Å²) >= 11 is 0. The highest BCUT2D eigenvalue weighted by Crippen LogP contribution is 2.33. The number of hydrogen-bond acceptors (Lipinski definition) is 4. The van der Waals surface area contributed by atoms with Crippen LogP contribution in [0.2, 0.25) is 0 Å². The number of ether oxygens (including phenoxy) is 2. The smallest absolute Gasteiger partial charge is 0.338 e. The van der Waals surface area contributed by atoms with Gasteiger partial charge in [-0.25, -0.2) is 4.79 Å². The minimum absolute atomic E-state index is 0.236. The van der Waals surface area contributed by atoms with Crippen molar-refractivity contribution in [2.75, 3.05) is 13.7 Å². The van der Waals surface area contributed by atoms with Gasteiger partial charge in [-0.05, 0) is 12.1 Å². The second-order valence-corrected chi connectivity index (χ2v) is 3.13. The first-order chi connectivity index (χ1) is 6.74. The fourth-order valence-corrected chi connectivity index (χ4v) is 1.60. The molecule has 0 unspecified atom stereocenters. The van der Waals surface area contributed by atoms with Crippen LogP contribution in [0.1, 0.15) is 22.0 Å². The molecule has 0 amide bonds. The molecule has 4 heteroatoms. The molecule has 14 heavy (non-hydrogen) atoms. The van der Waals surface area contributed by atoms with Gasteiger partial charge in [-0.2, -0.15) is 0 Å². The third-order valence-electron chi connectivity index (χ3n) is 2.26. The van der Waals surface area contributed by atoms with Crippen LogP contribution in [-0.4, -0.2) is 19.7 Å². The summed E-state index contributed by atoms with van der Waals surface area (Å²) in [6.07, 6.45) is 0. The predicted molar refractivity (Wildman–Crippen MR) is 50.2 cm³/mol. The average molecular weight is 193 g/mol. The zero-order valence-electron chi connectivity index (χ0n) is 7.82. The summed E-state index contributed by atoms with van der Waals surface area (Å²) in [6.45, 7) is 0.420. The number of nitrogens with two attached hydrogens (primary N) is 1. The zero-order valence-corrected chi connectivity index (χ0v) is 7.82. The summed E-state index contributed by atoms with van der Waals surface area (Å²) in [5.74, 6) is 0.309. The minimum Gasteiger partial charge on any atom is -0.491 e. The number of esters is 1. The van der Waals surface area contributed by atoms with Crippen molar-refractivity contribution in [1.29, 1.82) is 0 Å². The maximum atomic E-state index is 11.4. The summed E-state index contributed by atoms with van der Waals surface area (Å²) in [4.78, 5) is 11.4. The predicted octanol–water partition coefficient (Wildman–Crippen LogP) is 0.865. The molecule has 0 aromatic heterocycles. The Kier molecular flexibility index (Phi) is 2.13. The van der Waals surface area contributed by atoms with Gasteiger partial charge < -0.3 is 15.2 Å². The lowest BCUT2D eigenvalue weighted by Crippen LogP contribution is -2.15. The highest BCUT2D eigenvalue weighted by molar-refractivity contribution is 5.92. The fraction of sp³-hybridized carbons (Fsp3) is 0.300. The molecule has 2 N–H and O–H groups in total. The lowest BCUT2D eigenvalue weighted by Gasteiger charge is -2.06. The van der Waals surface area contributed by atoms with Gasteiger partial charge in [-0.3, -0.25) is 0 Å². The molecule has 1 atom stereocenters. The molecule has 1 aliphatic rings. The Morgan fingerprint density at radius 1 is 1.64 bits per heavy atom. The molecular formula is C10H11NO3. The van der Waals surface area contributed by atoms with Crippen LogP contribution >= 0.6 is 0 Å². The van der Waals surface area contributed by atoms with E-state index in [1.807, 2.05) is 0 Å². The van der Waals surface area contributed by atoms with E-state index in [2.05, 4.69) is 4.74 Å². The number of benzene rings is 1. The van der Waals surface area contributed by atoms with E-state index in [1.54, 1.807) is 18.2 Å². The van der Waals surface area contributed by atoms with Crippen molar-refractivity contribution in [2.45, 2.75) is 6.04 Å². The molecule has 4 nitrogen and oxygen atoms in total. The van der Waals surface area contributed by atoms with Gasteiger partial charge >= 0.3 is 5.97 Å². The van der Waals surface area contributed by atoms with Crippen molar-refractivity contribution in [1.82, 2.24) is 0 Å². The largest absolute Gasteiger partial charge is 0.491 e. The van der Waals surface area contributed by atoms with Crippen LogP contribution in [0, 0.1) is 0 Å². The maximum Gasteiger partial charge on any atom is 0.338 e. The van der Waals surface area contributed by atoms with Crippen molar-refractivity contribution >= 4 is 5.97 Å². The summed E-state index contributed by atoms with van der Waals surface area (Å²) < 4.78 is 9.97. The average Bonchev–Trinajstić information content (AvgIpc) is 2.59. The van der Waals surface area contributed by atoms with Gasteiger partial charge in [0.2, 0.25) is 0 Å². The Balaban J connectivity index is 2.52. The number of hydrogen-bond donors (Lipinski definition) is 1. The Morgan fingerprint density at radius 2 is 2.43 bits per heavy atom. The van der Waals surface area contributed by atoms with Crippen molar-refractivity contribution in [2.24, 2.45) is 5.73 Å². The molecule has 0 bridgehead atoms. The number of rotatable bonds is 1. The zero-order chi connectivity index (χ0) is 10.1. The van der Waals surface area contributed by atoms with E-state index in [1.165, 1.54) is 7.11 Å². The molecule has 0 saturated heterocycles. The van der Waals surface area contributed by atoms with Crippen LogP contribution in [0.15, 0.2) is 18.2 Å². The summed E-state index contributed by atoms with van der Waals surface area (Å²) in [6, 6.07) is 5.01. The van der Waals surface area contributed by atoms with Crippen LogP contribution in [0.25, 0.3) is 0 Å². The second kappa shape index (κ2) is 3.31. The maximum absolute atomic E-state index is 11.4. The molecule has 1 heterocycles. The lowest BCUT2D eigenvalue weighted by atomic mass is 10.0. The van der Waals surface area contributed by atoms with Gasteiger partial charge in [-0.1, -0.05) is 6.07 Å². The van der Waals surface area contributed by atoms with Crippen LogP contribution in [0.4, 0.5) is 0 Å². The lowest BCUT2D eigenvalue weighted by molar-refractivity contribution is 0.0599. The SMILES string of the molecule is COC(=O)c1cccc2c1[C@H](N)CO2. The summed E-state index contributed by atoms with van der Waals surface area (Å²) in [5, 5.41) is 0. The van der Waals surface area contributed by atoms with Crippen LogP contribution in [-0.2, 0) is 4.74 Å². The normalized spacial score (nSPS) is 18.6. The molecule has 0 aliphatic carbocycles. The number of carbonyl (C=O) groups excluding carboxylic acids is 1. The number of carbonyl (C=O) groups is 1. The number of methoxy groups -OCH3 is 1. The Labute approximate surface area is 81.6 Å². The van der Waals surface area contributed by atoms with Crippen molar-refractivity contribution in [3.63, 3.8) is 0 Å². The van der Waals surface area contributed by atoms with E-state index in [4.69, 9.17) is 10.5 Å². The van der Waals surface area contributed by atoms with Gasteiger partial charge in [-0.15, -0.1) is 0 Å². The third-order valence-corrected chi connectivity index (χ3v) is 2.26. The first-order valence-corrected chi connectivity index (χ1v) is 4.33. The van der Waals surface area contributed by atoms with Crippen molar-refractivity contribution < 1.29 is 14.3 Å². The molecule has 1 aromatic carbocycles. The van der Waals surface area contributed by atoms with Crippen LogP contribution in [0.3, 0.4) is 0 Å². The Hall–Kier alpha value is -1.55. The van der Waals surface area contributed by atoms with Gasteiger partial charge in [0.25, 0.3) is 0 Å². The molecule has 0 radical (unpaired) electrons. The minimum atomic E-state index is -0.372.